The molecule has 0 aliphatic heterocycles. The van der Waals surface area contributed by atoms with Crippen LogP contribution in [-0.4, -0.2) is 21.0 Å². The number of benzene rings is 1. The first kappa shape index (κ1) is 13.4. The van der Waals surface area contributed by atoms with Crippen molar-refractivity contribution in [3.63, 3.8) is 0 Å². The van der Waals surface area contributed by atoms with Gasteiger partial charge in [-0.15, -0.1) is 0 Å². The summed E-state index contributed by atoms with van der Waals surface area (Å²) in [5.74, 6) is -1.72. The first-order valence-electron chi connectivity index (χ1n) is 5.19. The molecule has 5 nitrogen and oxygen atoms in total. The number of nitrogens with one attached hydrogen (secondary N) is 1. The van der Waals surface area contributed by atoms with E-state index in [0.717, 1.165) is 0 Å². The molecule has 0 spiro atoms. The number of aromatic nitrogens is 2. The molecule has 0 saturated carbocycles. The third-order valence-corrected chi connectivity index (χ3v) is 2.91. The molecule has 2 N–H and O–H groups in total. The highest BCUT2D eigenvalue weighted by atomic mass is 79.9. The molecule has 0 radical (unpaired) electrons. The van der Waals surface area contributed by atoms with E-state index in [9.17, 15) is 14.0 Å². The van der Waals surface area contributed by atoms with Crippen LogP contribution in [0.1, 0.15) is 16.1 Å². The quantitative estimate of drug-likeness (QED) is 0.887. The van der Waals surface area contributed by atoms with Crippen molar-refractivity contribution in [3.05, 3.63) is 50.1 Å². The van der Waals surface area contributed by atoms with Gasteiger partial charge in [-0.2, -0.15) is 0 Å². The van der Waals surface area contributed by atoms with Crippen LogP contribution in [0.5, 0.6) is 0 Å². The smallest absolute Gasteiger partial charge is 0.343 e. The monoisotopic (exact) mass is 326 g/mol. The lowest BCUT2D eigenvalue weighted by molar-refractivity contribution is 0.0693. The average molecular weight is 327 g/mol. The van der Waals surface area contributed by atoms with Crippen LogP contribution < -0.4 is 5.56 Å². The van der Waals surface area contributed by atoms with Crippen LogP contribution in [0.2, 0.25) is 0 Å². The third-order valence-electron chi connectivity index (χ3n) is 2.45. The summed E-state index contributed by atoms with van der Waals surface area (Å²) >= 11 is 3.13. The summed E-state index contributed by atoms with van der Waals surface area (Å²) in [5.41, 5.74) is -0.759. The summed E-state index contributed by atoms with van der Waals surface area (Å²) < 4.78 is 13.8. The zero-order valence-electron chi connectivity index (χ0n) is 9.70. The fraction of sp³-hybridized carbons (Fsp3) is 0.0833. The zero-order valence-corrected chi connectivity index (χ0v) is 11.3. The first-order chi connectivity index (χ1) is 8.88. The molecule has 7 heteroatoms. The summed E-state index contributed by atoms with van der Waals surface area (Å²) in [6.45, 7) is 1.41. The van der Waals surface area contributed by atoms with E-state index >= 15 is 0 Å². The summed E-state index contributed by atoms with van der Waals surface area (Å²) in [5, 5.41) is 8.87. The SMILES string of the molecule is Cc1nc(-c2cc(F)cc(Br)c2)[nH]c(=O)c1C(=O)O. The summed E-state index contributed by atoms with van der Waals surface area (Å²) in [6, 6.07) is 4.03. The van der Waals surface area contributed by atoms with Crippen LogP contribution in [0.15, 0.2) is 27.5 Å². The van der Waals surface area contributed by atoms with Crippen LogP contribution in [0.25, 0.3) is 11.4 Å². The van der Waals surface area contributed by atoms with Crippen molar-refractivity contribution in [2.75, 3.05) is 0 Å². The molecule has 1 aromatic heterocycles. The largest absolute Gasteiger partial charge is 0.477 e. The maximum atomic E-state index is 13.3. The maximum absolute atomic E-state index is 13.3. The van der Waals surface area contributed by atoms with E-state index in [1.807, 2.05) is 0 Å². The predicted molar refractivity (Wildman–Crippen MR) is 69.6 cm³/mol. The number of nitrogens with zero attached hydrogens (tertiary/aromatic N) is 1. The van der Waals surface area contributed by atoms with Crippen LogP contribution in [0.4, 0.5) is 4.39 Å². The van der Waals surface area contributed by atoms with E-state index in [0.29, 0.717) is 10.0 Å². The van der Waals surface area contributed by atoms with Crippen molar-refractivity contribution in [3.8, 4) is 11.4 Å². The molecular weight excluding hydrogens is 319 g/mol. The molecule has 0 unspecified atom stereocenters. The van der Waals surface area contributed by atoms with Crippen LogP contribution in [0, 0.1) is 12.7 Å². The zero-order chi connectivity index (χ0) is 14.2. The van der Waals surface area contributed by atoms with Crippen LogP contribution in [0.3, 0.4) is 0 Å². The Morgan fingerprint density at radius 3 is 2.63 bits per heavy atom. The van der Waals surface area contributed by atoms with Crippen LogP contribution in [-0.2, 0) is 0 Å². The molecule has 0 fully saturated rings. The number of carboxylic acid groups (broad SMARTS) is 1. The summed E-state index contributed by atoms with van der Waals surface area (Å²) in [6.07, 6.45) is 0. The van der Waals surface area contributed by atoms with E-state index in [1.54, 1.807) is 6.07 Å². The van der Waals surface area contributed by atoms with Gasteiger partial charge in [-0.1, -0.05) is 15.9 Å². The fourth-order valence-corrected chi connectivity index (χ4v) is 2.13. The van der Waals surface area contributed by atoms with Gasteiger partial charge in [0.25, 0.3) is 5.56 Å². The second kappa shape index (κ2) is 4.93. The molecule has 0 bridgehead atoms. The molecule has 0 aliphatic carbocycles. The highest BCUT2D eigenvalue weighted by Crippen LogP contribution is 2.21. The number of hydrogen-bond donors (Lipinski definition) is 2. The second-order valence-corrected chi connectivity index (χ2v) is 4.75. The van der Waals surface area contributed by atoms with E-state index < -0.39 is 22.9 Å². The fourth-order valence-electron chi connectivity index (χ4n) is 1.67. The van der Waals surface area contributed by atoms with Crippen molar-refractivity contribution in [1.82, 2.24) is 9.97 Å². The Morgan fingerprint density at radius 2 is 2.11 bits per heavy atom. The molecule has 0 atom stereocenters. The molecular formula is C12H8BrFN2O3. The Labute approximate surface area is 115 Å². The number of carbonyl (C=O) groups is 1. The molecule has 19 heavy (non-hydrogen) atoms. The Hall–Kier alpha value is -2.02. The van der Waals surface area contributed by atoms with Gasteiger partial charge in [-0.25, -0.2) is 14.2 Å². The van der Waals surface area contributed by atoms with Gasteiger partial charge in [0.05, 0.1) is 5.69 Å². The molecule has 1 heterocycles. The lowest BCUT2D eigenvalue weighted by Crippen LogP contribution is -2.21. The Kier molecular flexibility index (Phi) is 3.48. The molecule has 0 aliphatic rings. The normalized spacial score (nSPS) is 10.5. The minimum absolute atomic E-state index is 0.0756. The second-order valence-electron chi connectivity index (χ2n) is 3.84. The van der Waals surface area contributed by atoms with Crippen molar-refractivity contribution in [2.24, 2.45) is 0 Å². The van der Waals surface area contributed by atoms with Crippen molar-refractivity contribution >= 4 is 21.9 Å². The molecule has 98 valence electrons. The standard InChI is InChI=1S/C12H8BrFN2O3/c1-5-9(12(18)19)11(17)16-10(15-5)6-2-7(13)4-8(14)3-6/h2-4H,1H3,(H,18,19)(H,15,16,17). The van der Waals surface area contributed by atoms with Gasteiger partial charge >= 0.3 is 5.97 Å². The molecule has 0 saturated heterocycles. The lowest BCUT2D eigenvalue weighted by Gasteiger charge is -2.05. The highest BCUT2D eigenvalue weighted by Gasteiger charge is 2.16. The number of carboxylic acids is 1. The number of rotatable bonds is 2. The van der Waals surface area contributed by atoms with Crippen LogP contribution >= 0.6 is 15.9 Å². The number of H-pyrrole nitrogens is 1. The molecule has 2 aromatic rings. The lowest BCUT2D eigenvalue weighted by atomic mass is 10.2. The topological polar surface area (TPSA) is 83.0 Å². The first-order valence-corrected chi connectivity index (χ1v) is 5.98. The van der Waals surface area contributed by atoms with Gasteiger partial charge in [0.15, 0.2) is 0 Å². The van der Waals surface area contributed by atoms with Gasteiger partial charge in [0.2, 0.25) is 0 Å². The Morgan fingerprint density at radius 1 is 1.42 bits per heavy atom. The summed E-state index contributed by atoms with van der Waals surface area (Å²) in [4.78, 5) is 28.9. The maximum Gasteiger partial charge on any atom is 0.343 e. The van der Waals surface area contributed by atoms with Gasteiger partial charge < -0.3 is 10.1 Å². The van der Waals surface area contributed by atoms with E-state index in [-0.39, 0.29) is 11.5 Å². The number of hydrogen-bond acceptors (Lipinski definition) is 3. The van der Waals surface area contributed by atoms with E-state index in [1.165, 1.54) is 19.1 Å². The number of aromatic carboxylic acids is 1. The Balaban J connectivity index is 2.65. The van der Waals surface area contributed by atoms with E-state index in [2.05, 4.69) is 25.9 Å². The molecule has 2 rings (SSSR count). The number of aromatic amines is 1. The van der Waals surface area contributed by atoms with Gasteiger partial charge in [0.1, 0.15) is 17.2 Å². The van der Waals surface area contributed by atoms with Gasteiger partial charge in [-0.3, -0.25) is 4.79 Å². The minimum atomic E-state index is -1.35. The Bertz CT molecular complexity index is 707. The number of aryl methyl sites for hydroxylation is 1. The van der Waals surface area contributed by atoms with Gasteiger partial charge in [-0.05, 0) is 25.1 Å². The molecule has 0 amide bonds. The highest BCUT2D eigenvalue weighted by molar-refractivity contribution is 9.10. The van der Waals surface area contributed by atoms with Crippen molar-refractivity contribution in [1.29, 1.82) is 0 Å². The van der Waals surface area contributed by atoms with Crippen molar-refractivity contribution < 1.29 is 14.3 Å². The summed E-state index contributed by atoms with van der Waals surface area (Å²) in [7, 11) is 0. The minimum Gasteiger partial charge on any atom is -0.477 e. The molecule has 1 aromatic carbocycles. The predicted octanol–water partition coefficient (Wildman–Crippen LogP) is 2.35. The van der Waals surface area contributed by atoms with Crippen molar-refractivity contribution in [2.45, 2.75) is 6.92 Å². The van der Waals surface area contributed by atoms with Gasteiger partial charge in [0, 0.05) is 10.0 Å². The van der Waals surface area contributed by atoms with E-state index in [4.69, 9.17) is 5.11 Å². The average Bonchev–Trinajstić information content (AvgIpc) is 2.25. The number of halogens is 2. The third kappa shape index (κ3) is 2.70.